The van der Waals surface area contributed by atoms with E-state index in [-0.39, 0.29) is 24.2 Å². The van der Waals surface area contributed by atoms with E-state index in [2.05, 4.69) is 76.6 Å². The quantitative estimate of drug-likeness (QED) is 0.454. The molecule has 0 saturated heterocycles. The molecule has 0 amide bonds. The smallest absolute Gasteiger partial charge is 0.240 e. The van der Waals surface area contributed by atoms with Crippen molar-refractivity contribution in [3.05, 3.63) is 11.4 Å². The van der Waals surface area contributed by atoms with Crippen LogP contribution in [0.5, 0.6) is 0 Å². The average molecular weight is 356 g/mol. The van der Waals surface area contributed by atoms with Crippen molar-refractivity contribution in [2.45, 2.75) is 86.5 Å². The number of hydrogen-bond acceptors (Lipinski definition) is 2. The molecule has 0 heterocycles. The SMILES string of the molecule is COCC#C/C(C)=C\P(=O)(N(C(C)C)C(C)C)N(C(C)C)C(C)C. The maximum absolute atomic E-state index is 14.3. The summed E-state index contributed by atoms with van der Waals surface area (Å²) in [4.78, 5) is 0. The molecule has 0 aliphatic heterocycles. The van der Waals surface area contributed by atoms with Gasteiger partial charge in [0.1, 0.15) is 6.61 Å². The second-order valence-electron chi connectivity index (χ2n) is 7.27. The molecular formula is C19H37N2O2P. The molecule has 0 atom stereocenters. The topological polar surface area (TPSA) is 32.8 Å². The van der Waals surface area contributed by atoms with Crippen LogP contribution >= 0.6 is 7.44 Å². The lowest BCUT2D eigenvalue weighted by Gasteiger charge is -2.45. The van der Waals surface area contributed by atoms with Crippen molar-refractivity contribution >= 4 is 7.44 Å². The first-order valence-electron chi connectivity index (χ1n) is 8.83. The summed E-state index contributed by atoms with van der Waals surface area (Å²) in [6, 6.07) is 0.692. The van der Waals surface area contributed by atoms with Crippen molar-refractivity contribution in [3.63, 3.8) is 0 Å². The molecule has 0 spiro atoms. The van der Waals surface area contributed by atoms with E-state index < -0.39 is 7.44 Å². The molecule has 0 saturated carbocycles. The first kappa shape index (κ1) is 23.4. The summed E-state index contributed by atoms with van der Waals surface area (Å²) in [5, 5.41) is 0. The molecule has 5 heteroatoms. The zero-order chi connectivity index (χ0) is 19.1. The third-order valence-corrected chi connectivity index (χ3v) is 7.54. The molecule has 0 aliphatic carbocycles. The Hall–Kier alpha value is -0.590. The molecule has 0 bridgehead atoms. The van der Waals surface area contributed by atoms with Crippen LogP contribution in [-0.4, -0.2) is 47.2 Å². The molecule has 4 nitrogen and oxygen atoms in total. The molecule has 0 N–H and O–H groups in total. The predicted molar refractivity (Wildman–Crippen MR) is 105 cm³/mol. The minimum atomic E-state index is -2.91. The minimum Gasteiger partial charge on any atom is -0.372 e. The van der Waals surface area contributed by atoms with E-state index in [0.29, 0.717) is 6.61 Å². The fourth-order valence-electron chi connectivity index (χ4n) is 3.30. The van der Waals surface area contributed by atoms with Crippen molar-refractivity contribution in [2.75, 3.05) is 13.7 Å². The van der Waals surface area contributed by atoms with Gasteiger partial charge in [-0.1, -0.05) is 11.8 Å². The van der Waals surface area contributed by atoms with Crippen molar-refractivity contribution in [3.8, 4) is 11.8 Å². The van der Waals surface area contributed by atoms with Gasteiger partial charge in [0.15, 0.2) is 0 Å². The van der Waals surface area contributed by atoms with Gasteiger partial charge in [0, 0.05) is 42.7 Å². The zero-order valence-corrected chi connectivity index (χ0v) is 18.1. The summed E-state index contributed by atoms with van der Waals surface area (Å²) in [5.74, 6) is 7.90. The molecule has 0 rings (SSSR count). The molecule has 0 unspecified atom stereocenters. The third kappa shape index (κ3) is 6.37. The monoisotopic (exact) mass is 356 g/mol. The van der Waals surface area contributed by atoms with Gasteiger partial charge in [0.25, 0.3) is 0 Å². The zero-order valence-electron chi connectivity index (χ0n) is 17.3. The van der Waals surface area contributed by atoms with E-state index in [4.69, 9.17) is 4.74 Å². The fraction of sp³-hybridized carbons (Fsp3) is 0.789. The number of ether oxygens (including phenoxy) is 1. The summed E-state index contributed by atoms with van der Waals surface area (Å²) < 4.78 is 23.5. The number of rotatable bonds is 8. The summed E-state index contributed by atoms with van der Waals surface area (Å²) in [7, 11) is -1.29. The van der Waals surface area contributed by atoms with Gasteiger partial charge >= 0.3 is 0 Å². The number of allylic oxidation sites excluding steroid dienone is 1. The van der Waals surface area contributed by atoms with Gasteiger partial charge in [-0.15, -0.1) is 0 Å². The highest BCUT2D eigenvalue weighted by Gasteiger charge is 2.41. The normalized spacial score (nSPS) is 13.6. The minimum absolute atomic E-state index is 0.173. The first-order valence-corrected chi connectivity index (χ1v) is 10.5. The molecular weight excluding hydrogens is 319 g/mol. The van der Waals surface area contributed by atoms with Crippen molar-refractivity contribution in [2.24, 2.45) is 0 Å². The number of hydrogen-bond donors (Lipinski definition) is 0. The van der Waals surface area contributed by atoms with E-state index in [9.17, 15) is 4.57 Å². The van der Waals surface area contributed by atoms with Gasteiger partial charge in [-0.25, -0.2) is 9.34 Å². The van der Waals surface area contributed by atoms with Crippen LogP contribution in [0.15, 0.2) is 11.4 Å². The molecule has 0 fully saturated rings. The van der Waals surface area contributed by atoms with Crippen LogP contribution in [-0.2, 0) is 9.30 Å². The molecule has 0 radical (unpaired) electrons. The molecule has 0 aromatic heterocycles. The number of methoxy groups -OCH3 is 1. The van der Waals surface area contributed by atoms with Gasteiger partial charge in [0.05, 0.1) is 0 Å². The van der Waals surface area contributed by atoms with Crippen molar-refractivity contribution < 1.29 is 9.30 Å². The average Bonchev–Trinajstić information content (AvgIpc) is 2.35. The van der Waals surface area contributed by atoms with E-state index in [1.165, 1.54) is 0 Å². The van der Waals surface area contributed by atoms with Crippen LogP contribution in [0.25, 0.3) is 0 Å². The fourth-order valence-corrected chi connectivity index (χ4v) is 7.02. The molecule has 0 aliphatic rings. The lowest BCUT2D eigenvalue weighted by Crippen LogP contribution is -2.44. The summed E-state index contributed by atoms with van der Waals surface area (Å²) in [5.41, 5.74) is 0.827. The van der Waals surface area contributed by atoms with Gasteiger partial charge in [-0.2, -0.15) is 0 Å². The van der Waals surface area contributed by atoms with E-state index in [1.54, 1.807) is 7.11 Å². The third-order valence-electron chi connectivity index (χ3n) is 3.64. The summed E-state index contributed by atoms with van der Waals surface area (Å²) >= 11 is 0. The second-order valence-corrected chi connectivity index (χ2v) is 9.63. The highest BCUT2D eigenvalue weighted by atomic mass is 31.2. The van der Waals surface area contributed by atoms with Gasteiger partial charge in [-0.3, -0.25) is 4.57 Å². The van der Waals surface area contributed by atoms with E-state index in [0.717, 1.165) is 5.57 Å². The highest BCUT2D eigenvalue weighted by molar-refractivity contribution is 7.62. The summed E-state index contributed by atoms with van der Waals surface area (Å²) in [6.07, 6.45) is 0. The van der Waals surface area contributed by atoms with Crippen LogP contribution in [0.3, 0.4) is 0 Å². The standard InChI is InChI=1S/C19H37N2O2P/c1-15(2)20(16(3)4)24(22,21(17(5)6)18(7)8)14-19(9)12-11-13-23-10/h14-18H,13H2,1-10H3/b19-14-. The predicted octanol–water partition coefficient (Wildman–Crippen LogP) is 4.97. The van der Waals surface area contributed by atoms with E-state index in [1.807, 2.05) is 12.7 Å². The van der Waals surface area contributed by atoms with Crippen molar-refractivity contribution in [1.29, 1.82) is 0 Å². The second kappa shape index (κ2) is 10.4. The summed E-state index contributed by atoms with van der Waals surface area (Å²) in [6.45, 7) is 19.1. The van der Waals surface area contributed by atoms with Crippen molar-refractivity contribution in [1.82, 2.24) is 9.34 Å². The van der Waals surface area contributed by atoms with Gasteiger partial charge in [0.2, 0.25) is 7.44 Å². The Morgan fingerprint density at radius 3 is 1.62 bits per heavy atom. The van der Waals surface area contributed by atoms with Gasteiger partial charge in [-0.05, 0) is 62.3 Å². The molecule has 24 heavy (non-hydrogen) atoms. The number of nitrogens with zero attached hydrogens (tertiary/aromatic N) is 2. The maximum atomic E-state index is 14.3. The Balaban J connectivity index is 6.25. The van der Waals surface area contributed by atoms with Crippen LogP contribution < -0.4 is 0 Å². The Kier molecular flexibility index (Phi) is 10.2. The Morgan fingerprint density at radius 1 is 0.958 bits per heavy atom. The molecule has 0 aromatic rings. The lowest BCUT2D eigenvalue weighted by molar-refractivity contribution is 0.230. The molecule has 0 aromatic carbocycles. The Bertz CT molecular complexity index is 473. The Labute approximate surface area is 150 Å². The van der Waals surface area contributed by atoms with Crippen LogP contribution in [0.1, 0.15) is 62.3 Å². The highest BCUT2D eigenvalue weighted by Crippen LogP contribution is 2.59. The Morgan fingerprint density at radius 2 is 1.33 bits per heavy atom. The van der Waals surface area contributed by atoms with Crippen LogP contribution in [0.4, 0.5) is 0 Å². The van der Waals surface area contributed by atoms with Gasteiger partial charge < -0.3 is 4.74 Å². The lowest BCUT2D eigenvalue weighted by atomic mass is 10.3. The largest absolute Gasteiger partial charge is 0.372 e. The first-order chi connectivity index (χ1) is 11.0. The molecule has 140 valence electrons. The van der Waals surface area contributed by atoms with E-state index >= 15 is 0 Å². The van der Waals surface area contributed by atoms with Crippen LogP contribution in [0, 0.1) is 11.8 Å². The van der Waals surface area contributed by atoms with Crippen LogP contribution in [0.2, 0.25) is 0 Å². The maximum Gasteiger partial charge on any atom is 0.240 e.